The summed E-state index contributed by atoms with van der Waals surface area (Å²) in [6.45, 7) is 4.97. The quantitative estimate of drug-likeness (QED) is 0.891. The Bertz CT molecular complexity index is 527. The minimum Gasteiger partial charge on any atom is -0.477 e. The largest absolute Gasteiger partial charge is 0.477 e. The molecule has 0 bridgehead atoms. The maximum absolute atomic E-state index is 10.9. The molecule has 0 atom stereocenters. The van der Waals surface area contributed by atoms with E-state index in [1.54, 1.807) is 6.07 Å². The average Bonchev–Trinajstić information content (AvgIpc) is 2.78. The number of aromatic carboxylic acids is 1. The standard InChI is InChI=1S/C11H14N2O2S/c1-3-5-13-10-7(8(4-2)12-13)6-9(16-10)11(14)15/h6H,3-5H2,1-2H3,(H,14,15). The number of thiophene rings is 1. The van der Waals surface area contributed by atoms with Crippen molar-refractivity contribution in [2.45, 2.75) is 33.2 Å². The molecule has 4 nitrogen and oxygen atoms in total. The molecule has 0 saturated carbocycles. The number of nitrogens with zero attached hydrogens (tertiary/aromatic N) is 2. The SMILES string of the molecule is CCCn1nc(CC)c2cc(C(=O)O)sc21. The van der Waals surface area contributed by atoms with Crippen LogP contribution in [0.3, 0.4) is 0 Å². The van der Waals surface area contributed by atoms with Gasteiger partial charge in [0.05, 0.1) is 5.69 Å². The van der Waals surface area contributed by atoms with Crippen LogP contribution in [0.4, 0.5) is 0 Å². The highest BCUT2D eigenvalue weighted by molar-refractivity contribution is 7.20. The molecule has 16 heavy (non-hydrogen) atoms. The lowest BCUT2D eigenvalue weighted by atomic mass is 10.2. The smallest absolute Gasteiger partial charge is 0.345 e. The molecule has 0 unspecified atom stereocenters. The lowest BCUT2D eigenvalue weighted by Gasteiger charge is -1.97. The van der Waals surface area contributed by atoms with E-state index in [1.165, 1.54) is 11.3 Å². The molecule has 1 N–H and O–H groups in total. The molecule has 0 spiro atoms. The van der Waals surface area contributed by atoms with Gasteiger partial charge in [-0.05, 0) is 18.9 Å². The first-order valence-electron chi connectivity index (χ1n) is 5.39. The van der Waals surface area contributed by atoms with Crippen LogP contribution >= 0.6 is 11.3 Å². The third kappa shape index (κ3) is 1.71. The van der Waals surface area contributed by atoms with Gasteiger partial charge in [-0.3, -0.25) is 4.68 Å². The number of hydrogen-bond donors (Lipinski definition) is 1. The molecule has 2 heterocycles. The number of carbonyl (C=O) groups is 1. The number of carboxylic acid groups (broad SMARTS) is 1. The summed E-state index contributed by atoms with van der Waals surface area (Å²) in [5.41, 5.74) is 0.993. The Labute approximate surface area is 97.5 Å². The summed E-state index contributed by atoms with van der Waals surface area (Å²) in [4.78, 5) is 12.3. The van der Waals surface area contributed by atoms with Crippen molar-refractivity contribution < 1.29 is 9.90 Å². The lowest BCUT2D eigenvalue weighted by Crippen LogP contribution is -1.99. The van der Waals surface area contributed by atoms with Crippen molar-refractivity contribution in [3.63, 3.8) is 0 Å². The second-order valence-corrected chi connectivity index (χ2v) is 4.69. The van der Waals surface area contributed by atoms with Crippen LogP contribution in [0.5, 0.6) is 0 Å². The molecule has 86 valence electrons. The van der Waals surface area contributed by atoms with E-state index >= 15 is 0 Å². The van der Waals surface area contributed by atoms with Crippen LogP contribution in [-0.4, -0.2) is 20.9 Å². The number of hydrogen-bond acceptors (Lipinski definition) is 3. The Morgan fingerprint density at radius 3 is 2.88 bits per heavy atom. The van der Waals surface area contributed by atoms with E-state index < -0.39 is 5.97 Å². The fourth-order valence-corrected chi connectivity index (χ4v) is 2.75. The van der Waals surface area contributed by atoms with Gasteiger partial charge >= 0.3 is 5.97 Å². The zero-order valence-electron chi connectivity index (χ0n) is 9.36. The normalized spacial score (nSPS) is 11.1. The third-order valence-corrected chi connectivity index (χ3v) is 3.62. The van der Waals surface area contributed by atoms with Gasteiger partial charge < -0.3 is 5.11 Å². The Kier molecular flexibility index (Phi) is 2.96. The summed E-state index contributed by atoms with van der Waals surface area (Å²) in [5, 5.41) is 14.5. The second kappa shape index (κ2) is 4.25. The van der Waals surface area contributed by atoms with Gasteiger partial charge in [0.1, 0.15) is 9.71 Å². The predicted molar refractivity (Wildman–Crippen MR) is 64.2 cm³/mol. The van der Waals surface area contributed by atoms with Crippen molar-refractivity contribution in [3.05, 3.63) is 16.6 Å². The maximum atomic E-state index is 10.9. The van der Waals surface area contributed by atoms with Gasteiger partial charge in [-0.15, -0.1) is 11.3 Å². The average molecular weight is 238 g/mol. The van der Waals surface area contributed by atoms with Gasteiger partial charge in [-0.25, -0.2) is 4.79 Å². The monoisotopic (exact) mass is 238 g/mol. The fourth-order valence-electron chi connectivity index (χ4n) is 1.75. The van der Waals surface area contributed by atoms with Crippen molar-refractivity contribution in [2.75, 3.05) is 0 Å². The third-order valence-electron chi connectivity index (χ3n) is 2.48. The van der Waals surface area contributed by atoms with Gasteiger partial charge in [-0.2, -0.15) is 5.10 Å². The van der Waals surface area contributed by atoms with Crippen LogP contribution in [0.15, 0.2) is 6.07 Å². The van der Waals surface area contributed by atoms with Crippen molar-refractivity contribution in [3.8, 4) is 0 Å². The molecule has 0 fully saturated rings. The maximum Gasteiger partial charge on any atom is 0.345 e. The summed E-state index contributed by atoms with van der Waals surface area (Å²) in [6, 6.07) is 1.74. The Morgan fingerprint density at radius 1 is 1.56 bits per heavy atom. The summed E-state index contributed by atoms with van der Waals surface area (Å²) in [5.74, 6) is -0.855. The molecule has 0 saturated heterocycles. The minimum atomic E-state index is -0.855. The van der Waals surface area contributed by atoms with E-state index in [0.29, 0.717) is 4.88 Å². The van der Waals surface area contributed by atoms with E-state index in [4.69, 9.17) is 5.11 Å². The predicted octanol–water partition coefficient (Wildman–Crippen LogP) is 2.77. The lowest BCUT2D eigenvalue weighted by molar-refractivity contribution is 0.0702. The van der Waals surface area contributed by atoms with Gasteiger partial charge in [0.25, 0.3) is 0 Å². The number of aryl methyl sites for hydroxylation is 2. The summed E-state index contributed by atoms with van der Waals surface area (Å²) in [6.07, 6.45) is 1.84. The molecule has 2 rings (SSSR count). The van der Waals surface area contributed by atoms with Crippen molar-refractivity contribution in [1.29, 1.82) is 0 Å². The van der Waals surface area contributed by atoms with E-state index in [1.807, 2.05) is 11.6 Å². The van der Waals surface area contributed by atoms with Gasteiger partial charge in [0.15, 0.2) is 0 Å². The number of aromatic nitrogens is 2. The fraction of sp³-hybridized carbons (Fsp3) is 0.455. The Hall–Kier alpha value is -1.36. The van der Waals surface area contributed by atoms with Gasteiger partial charge in [-0.1, -0.05) is 13.8 Å². The topological polar surface area (TPSA) is 55.1 Å². The summed E-state index contributed by atoms with van der Waals surface area (Å²) < 4.78 is 1.92. The highest BCUT2D eigenvalue weighted by Gasteiger charge is 2.15. The highest BCUT2D eigenvalue weighted by Crippen LogP contribution is 2.29. The van der Waals surface area contributed by atoms with Crippen LogP contribution in [0, 0.1) is 0 Å². The molecule has 0 aromatic carbocycles. The molecule has 2 aromatic rings. The first-order valence-corrected chi connectivity index (χ1v) is 6.21. The van der Waals surface area contributed by atoms with E-state index in [0.717, 1.165) is 35.3 Å². The zero-order valence-corrected chi connectivity index (χ0v) is 10.2. The molecule has 0 radical (unpaired) electrons. The highest BCUT2D eigenvalue weighted by atomic mass is 32.1. The van der Waals surface area contributed by atoms with Crippen LogP contribution < -0.4 is 0 Å². The van der Waals surface area contributed by atoms with Crippen molar-refractivity contribution >= 4 is 27.5 Å². The van der Waals surface area contributed by atoms with E-state index in [2.05, 4.69) is 12.0 Å². The molecule has 5 heteroatoms. The Morgan fingerprint density at radius 2 is 2.31 bits per heavy atom. The molecule has 0 amide bonds. The summed E-state index contributed by atoms with van der Waals surface area (Å²) in [7, 11) is 0. The molecule has 2 aromatic heterocycles. The number of rotatable bonds is 4. The summed E-state index contributed by atoms with van der Waals surface area (Å²) >= 11 is 1.31. The minimum absolute atomic E-state index is 0.395. The first-order chi connectivity index (χ1) is 7.67. The van der Waals surface area contributed by atoms with Gasteiger partial charge in [0, 0.05) is 11.9 Å². The number of fused-ring (bicyclic) bond motifs is 1. The molecule has 0 aliphatic heterocycles. The zero-order chi connectivity index (χ0) is 11.7. The molecule has 0 aliphatic rings. The van der Waals surface area contributed by atoms with Crippen LogP contribution in [0.2, 0.25) is 0 Å². The van der Waals surface area contributed by atoms with Crippen LogP contribution in [0.25, 0.3) is 10.2 Å². The van der Waals surface area contributed by atoms with E-state index in [9.17, 15) is 4.79 Å². The van der Waals surface area contributed by atoms with Crippen molar-refractivity contribution in [2.24, 2.45) is 0 Å². The molecular formula is C11H14N2O2S. The van der Waals surface area contributed by atoms with Crippen molar-refractivity contribution in [1.82, 2.24) is 9.78 Å². The van der Waals surface area contributed by atoms with E-state index in [-0.39, 0.29) is 0 Å². The van der Waals surface area contributed by atoms with Crippen LogP contribution in [-0.2, 0) is 13.0 Å². The molecular weight excluding hydrogens is 224 g/mol. The number of carboxylic acids is 1. The Balaban J connectivity index is 2.59. The van der Waals surface area contributed by atoms with Gasteiger partial charge in [0.2, 0.25) is 0 Å². The molecule has 0 aliphatic carbocycles. The first kappa shape index (κ1) is 11.1. The second-order valence-electron chi connectivity index (χ2n) is 3.66. The van der Waals surface area contributed by atoms with Crippen LogP contribution in [0.1, 0.15) is 35.6 Å².